The van der Waals surface area contributed by atoms with Crippen LogP contribution in [0.3, 0.4) is 0 Å². The van der Waals surface area contributed by atoms with Crippen molar-refractivity contribution in [2.24, 2.45) is 0 Å². The number of thioether (sulfide) groups is 1. The van der Waals surface area contributed by atoms with Crippen molar-refractivity contribution in [2.75, 3.05) is 25.0 Å². The fraction of sp³-hybridized carbons (Fsp3) is 0.486. The first-order chi connectivity index (χ1) is 23.3. The van der Waals surface area contributed by atoms with Gasteiger partial charge in [-0.25, -0.2) is 24.5 Å². The van der Waals surface area contributed by atoms with E-state index in [1.54, 1.807) is 22.9 Å². The molecule has 1 unspecified atom stereocenters. The quantitative estimate of drug-likeness (QED) is 0.173. The van der Waals surface area contributed by atoms with Gasteiger partial charge >= 0.3 is 12.2 Å². The Morgan fingerprint density at radius 2 is 1.61 bits per heavy atom. The van der Waals surface area contributed by atoms with E-state index in [9.17, 15) is 9.59 Å². The maximum atomic E-state index is 12.9. The van der Waals surface area contributed by atoms with Crippen LogP contribution in [0.2, 0.25) is 0 Å². The number of piperidine rings is 1. The number of carbonyl (C=O) groups is 2. The first-order valence-corrected chi connectivity index (χ1v) is 17.8. The lowest BCUT2D eigenvalue weighted by Gasteiger charge is -2.31. The third kappa shape index (κ3) is 7.13. The highest BCUT2D eigenvalue weighted by molar-refractivity contribution is 8.08. The first kappa shape index (κ1) is 33.0. The lowest BCUT2D eigenvalue weighted by molar-refractivity contribution is 0.0186. The third-order valence-electron chi connectivity index (χ3n) is 8.84. The van der Waals surface area contributed by atoms with Crippen LogP contribution >= 0.6 is 11.8 Å². The van der Waals surface area contributed by atoms with Crippen LogP contribution in [-0.2, 0) is 14.2 Å². The number of imidazole rings is 1. The van der Waals surface area contributed by atoms with E-state index in [0.717, 1.165) is 64.6 Å². The van der Waals surface area contributed by atoms with Gasteiger partial charge in [0, 0.05) is 42.3 Å². The third-order valence-corrected chi connectivity index (χ3v) is 10.5. The SMILES string of the molecule is CC(C)(C)OC(=O)N1CCC[C@@]2(c3nc4ccc(C#Cc5ccc6nc(NC[C@@H]7CCCN7C(=O)OC(C)(C)C)ncc6c5)cc4[nH]3)SC12. The van der Waals surface area contributed by atoms with Crippen LogP contribution in [0.1, 0.15) is 84.2 Å². The minimum atomic E-state index is -0.528. The molecule has 5 heterocycles. The summed E-state index contributed by atoms with van der Waals surface area (Å²) in [6.07, 6.45) is 4.98. The van der Waals surface area contributed by atoms with Gasteiger partial charge in [0.1, 0.15) is 27.1 Å². The lowest BCUT2D eigenvalue weighted by atomic mass is 9.97. The monoisotopic (exact) mass is 681 g/mol. The Kier molecular flexibility index (Phi) is 8.38. The molecule has 2 aromatic heterocycles. The summed E-state index contributed by atoms with van der Waals surface area (Å²) in [6.45, 7) is 13.3. The number of aromatic nitrogens is 4. The van der Waals surface area contributed by atoms with Gasteiger partial charge in [-0.2, -0.15) is 0 Å². The number of likely N-dealkylation sites (tertiary alicyclic amines) is 2. The van der Waals surface area contributed by atoms with Crippen molar-refractivity contribution in [3.63, 3.8) is 0 Å². The fourth-order valence-electron chi connectivity index (χ4n) is 6.54. The highest BCUT2D eigenvalue weighted by atomic mass is 32.2. The largest absolute Gasteiger partial charge is 0.444 e. The smallest absolute Gasteiger partial charge is 0.411 e. The molecule has 4 aromatic rings. The van der Waals surface area contributed by atoms with Crippen molar-refractivity contribution in [1.29, 1.82) is 0 Å². The Hall–Kier alpha value is -4.50. The van der Waals surface area contributed by atoms with Crippen LogP contribution in [0.15, 0.2) is 42.6 Å². The standard InChI is InChI=1S/C37H43N7O4S/c1-35(2,3)47-33(45)43-17-7-9-26(43)22-39-32-38-21-25-19-23(12-14-27(25)42-32)10-11-24-13-15-28-29(20-24)41-30(40-28)37-16-8-18-44(31(37)49-37)34(46)48-36(4,5)6/h12-15,19-21,26,31H,7-9,16-18,22H2,1-6H3,(H,40,41)(H,38,39,42)/t26-,31?,37-/m0/s1. The Labute approximate surface area is 290 Å². The molecule has 3 fully saturated rings. The summed E-state index contributed by atoms with van der Waals surface area (Å²) >= 11 is 1.77. The van der Waals surface area contributed by atoms with Crippen LogP contribution < -0.4 is 5.32 Å². The Balaban J connectivity index is 1.00. The average molecular weight is 682 g/mol. The first-order valence-electron chi connectivity index (χ1n) is 17.0. The van der Waals surface area contributed by atoms with Crippen LogP contribution in [0.25, 0.3) is 21.9 Å². The second-order valence-electron chi connectivity index (χ2n) is 15.0. The zero-order valence-corrected chi connectivity index (χ0v) is 29.7. The summed E-state index contributed by atoms with van der Waals surface area (Å²) in [5.41, 5.74) is 3.31. The molecule has 12 heteroatoms. The second-order valence-corrected chi connectivity index (χ2v) is 16.4. The number of hydrogen-bond donors (Lipinski definition) is 2. The molecule has 2 N–H and O–H groups in total. The summed E-state index contributed by atoms with van der Waals surface area (Å²) in [7, 11) is 0. The molecule has 3 aliphatic rings. The predicted octanol–water partition coefficient (Wildman–Crippen LogP) is 7.02. The van der Waals surface area contributed by atoms with Gasteiger partial charge < -0.3 is 24.7 Å². The molecule has 0 spiro atoms. The maximum Gasteiger partial charge on any atom is 0.411 e. The van der Waals surface area contributed by atoms with Crippen LogP contribution in [0, 0.1) is 11.8 Å². The number of carbonyl (C=O) groups excluding carboxylic acids is 2. The molecule has 11 nitrogen and oxygen atoms in total. The number of hydrogen-bond acceptors (Lipinski definition) is 9. The average Bonchev–Trinajstić information content (AvgIpc) is 3.36. The summed E-state index contributed by atoms with van der Waals surface area (Å²) < 4.78 is 11.0. The predicted molar refractivity (Wildman–Crippen MR) is 191 cm³/mol. The number of H-pyrrole nitrogens is 1. The van der Waals surface area contributed by atoms with E-state index in [4.69, 9.17) is 19.4 Å². The lowest BCUT2D eigenvalue weighted by Crippen LogP contribution is -2.44. The van der Waals surface area contributed by atoms with Crippen molar-refractivity contribution in [3.8, 4) is 11.8 Å². The number of nitrogens with zero attached hydrogens (tertiary/aromatic N) is 5. The number of benzene rings is 2. The van der Waals surface area contributed by atoms with Crippen molar-refractivity contribution in [3.05, 3.63) is 59.5 Å². The Morgan fingerprint density at radius 3 is 2.35 bits per heavy atom. The van der Waals surface area contributed by atoms with E-state index in [-0.39, 0.29) is 28.3 Å². The van der Waals surface area contributed by atoms with Gasteiger partial charge in [-0.05, 0) is 104 Å². The van der Waals surface area contributed by atoms with Crippen molar-refractivity contribution in [2.45, 2.75) is 94.6 Å². The van der Waals surface area contributed by atoms with Gasteiger partial charge in [-0.1, -0.05) is 11.8 Å². The van der Waals surface area contributed by atoms with Gasteiger partial charge in [0.15, 0.2) is 0 Å². The van der Waals surface area contributed by atoms with Gasteiger partial charge in [-0.15, -0.1) is 11.8 Å². The zero-order valence-electron chi connectivity index (χ0n) is 28.9. The van der Waals surface area contributed by atoms with E-state index >= 15 is 0 Å². The van der Waals surface area contributed by atoms with E-state index in [1.165, 1.54) is 0 Å². The number of amides is 2. The van der Waals surface area contributed by atoms with E-state index in [2.05, 4.69) is 27.1 Å². The minimum Gasteiger partial charge on any atom is -0.444 e. The van der Waals surface area contributed by atoms with Gasteiger partial charge in [0.05, 0.1) is 22.6 Å². The molecule has 2 amide bonds. The van der Waals surface area contributed by atoms with Crippen LogP contribution in [-0.4, -0.2) is 84.2 Å². The molecule has 3 atom stereocenters. The molecule has 0 saturated carbocycles. The van der Waals surface area contributed by atoms with Crippen LogP contribution in [0.4, 0.5) is 15.5 Å². The molecule has 0 radical (unpaired) electrons. The highest BCUT2D eigenvalue weighted by Gasteiger charge is 2.64. The normalized spacial score (nSPS) is 22.0. The Morgan fingerprint density at radius 1 is 0.939 bits per heavy atom. The topological polar surface area (TPSA) is 126 Å². The Bertz CT molecular complexity index is 1990. The maximum absolute atomic E-state index is 12.9. The molecule has 2 aromatic carbocycles. The van der Waals surface area contributed by atoms with Gasteiger partial charge in [-0.3, -0.25) is 4.90 Å². The molecule has 0 aliphatic carbocycles. The molecule has 256 valence electrons. The zero-order chi connectivity index (χ0) is 34.6. The number of anilines is 1. The molecule has 3 aliphatic heterocycles. The summed E-state index contributed by atoms with van der Waals surface area (Å²) in [5.74, 6) is 8.00. The number of rotatable bonds is 4. The summed E-state index contributed by atoms with van der Waals surface area (Å²) in [5, 5.41) is 4.24. The molecule has 3 saturated heterocycles. The molecular weight excluding hydrogens is 639 g/mol. The van der Waals surface area contributed by atoms with Gasteiger partial charge in [0.25, 0.3) is 0 Å². The van der Waals surface area contributed by atoms with Gasteiger partial charge in [0.2, 0.25) is 5.95 Å². The van der Waals surface area contributed by atoms with Crippen LogP contribution in [0.5, 0.6) is 0 Å². The number of nitrogens with one attached hydrogen (secondary N) is 2. The number of ether oxygens (including phenoxy) is 2. The number of aromatic amines is 1. The highest BCUT2D eigenvalue weighted by Crippen LogP contribution is 2.66. The van der Waals surface area contributed by atoms with E-state index < -0.39 is 11.2 Å². The minimum absolute atomic E-state index is 0.0292. The molecular formula is C37H43N7O4S. The second kappa shape index (κ2) is 12.4. The summed E-state index contributed by atoms with van der Waals surface area (Å²) in [6, 6.07) is 11.9. The molecule has 49 heavy (non-hydrogen) atoms. The number of fused-ring (bicyclic) bond motifs is 3. The van der Waals surface area contributed by atoms with E-state index in [1.807, 2.05) is 82.8 Å². The van der Waals surface area contributed by atoms with Crippen molar-refractivity contribution in [1.82, 2.24) is 29.7 Å². The van der Waals surface area contributed by atoms with Crippen molar-refractivity contribution >= 4 is 51.8 Å². The van der Waals surface area contributed by atoms with Crippen molar-refractivity contribution < 1.29 is 19.1 Å². The molecule has 0 bridgehead atoms. The van der Waals surface area contributed by atoms with E-state index in [0.29, 0.717) is 25.6 Å². The molecule has 7 rings (SSSR count). The fourth-order valence-corrected chi connectivity index (χ4v) is 8.01. The summed E-state index contributed by atoms with van der Waals surface area (Å²) in [4.78, 5) is 46.9.